The Morgan fingerprint density at radius 3 is 2.77 bits per heavy atom. The molecule has 1 amide bonds. The molecule has 1 aliphatic rings. The molecule has 3 heterocycles. The fourth-order valence-electron chi connectivity index (χ4n) is 3.56. The van der Waals surface area contributed by atoms with Gasteiger partial charge < -0.3 is 4.74 Å². The second-order valence-corrected chi connectivity index (χ2v) is 7.92. The van der Waals surface area contributed by atoms with Crippen molar-refractivity contribution < 1.29 is 9.53 Å². The first-order valence-corrected chi connectivity index (χ1v) is 9.32. The first-order valence-electron chi connectivity index (χ1n) is 9.32. The van der Waals surface area contributed by atoms with Crippen LogP contribution in [0.25, 0.3) is 5.65 Å². The van der Waals surface area contributed by atoms with Gasteiger partial charge in [0.1, 0.15) is 5.60 Å². The molecule has 7 heteroatoms. The van der Waals surface area contributed by atoms with Crippen LogP contribution in [0, 0.1) is 6.92 Å². The minimum absolute atomic E-state index is 0.0686. The van der Waals surface area contributed by atoms with E-state index in [9.17, 15) is 9.59 Å². The highest BCUT2D eigenvalue weighted by Gasteiger charge is 2.32. The Balaban J connectivity index is 1.99. The van der Waals surface area contributed by atoms with Gasteiger partial charge >= 0.3 is 6.09 Å². The van der Waals surface area contributed by atoms with E-state index in [1.165, 1.54) is 4.52 Å². The summed E-state index contributed by atoms with van der Waals surface area (Å²) in [6.07, 6.45) is 3.14. The minimum Gasteiger partial charge on any atom is -0.444 e. The monoisotopic (exact) mass is 360 g/mol. The van der Waals surface area contributed by atoms with Crippen LogP contribution in [-0.4, -0.2) is 37.7 Å². The molecule has 2 aromatic rings. The highest BCUT2D eigenvalue weighted by molar-refractivity contribution is 5.69. The molecule has 0 bridgehead atoms. The molecule has 1 fully saturated rings. The number of amides is 1. The van der Waals surface area contributed by atoms with E-state index in [2.05, 4.69) is 10.1 Å². The Hall–Kier alpha value is -2.31. The molecule has 1 aliphatic heterocycles. The number of nitrogens with one attached hydrogen (secondary N) is 1. The van der Waals surface area contributed by atoms with Gasteiger partial charge in [0.2, 0.25) is 0 Å². The van der Waals surface area contributed by atoms with Crippen molar-refractivity contribution >= 4 is 11.7 Å². The van der Waals surface area contributed by atoms with Crippen molar-refractivity contribution in [2.45, 2.75) is 71.9 Å². The Kier molecular flexibility index (Phi) is 4.82. The lowest BCUT2D eigenvalue weighted by Crippen LogP contribution is -2.42. The standard InChI is InChI=1S/C19H28N4O3/c1-6-13-12(2)20-16-11-14(21-23(16)17(13)24)15-9-7-8-10-22(15)18(25)26-19(3,4)5/h11,15,21H,6-10H2,1-5H3/t15-/m0/s1. The van der Waals surface area contributed by atoms with E-state index in [-0.39, 0.29) is 17.7 Å². The number of rotatable bonds is 2. The summed E-state index contributed by atoms with van der Waals surface area (Å²) in [6, 6.07) is 1.74. The number of hydrogen-bond donors (Lipinski definition) is 1. The summed E-state index contributed by atoms with van der Waals surface area (Å²) in [5, 5.41) is 3.18. The van der Waals surface area contributed by atoms with E-state index in [1.807, 2.05) is 40.7 Å². The Morgan fingerprint density at radius 1 is 1.38 bits per heavy atom. The number of ether oxygens (including phenoxy) is 1. The smallest absolute Gasteiger partial charge is 0.410 e. The van der Waals surface area contributed by atoms with Gasteiger partial charge in [-0.2, -0.15) is 0 Å². The molecule has 3 rings (SSSR count). The van der Waals surface area contributed by atoms with Crippen molar-refractivity contribution in [3.8, 4) is 0 Å². The number of aromatic amines is 1. The second-order valence-electron chi connectivity index (χ2n) is 7.92. The van der Waals surface area contributed by atoms with Crippen LogP contribution in [0.5, 0.6) is 0 Å². The molecule has 0 aromatic carbocycles. The zero-order valence-electron chi connectivity index (χ0n) is 16.3. The summed E-state index contributed by atoms with van der Waals surface area (Å²) in [4.78, 5) is 31.6. The number of piperidine rings is 1. The molecule has 0 spiro atoms. The largest absolute Gasteiger partial charge is 0.444 e. The van der Waals surface area contributed by atoms with Gasteiger partial charge in [-0.15, -0.1) is 0 Å². The topological polar surface area (TPSA) is 79.7 Å². The normalized spacial score (nSPS) is 18.3. The first-order chi connectivity index (χ1) is 12.2. The summed E-state index contributed by atoms with van der Waals surface area (Å²) in [5.41, 5.74) is 2.29. The number of nitrogens with zero attached hydrogens (tertiary/aromatic N) is 3. The molecular weight excluding hydrogens is 332 g/mol. The van der Waals surface area contributed by atoms with Crippen molar-refractivity contribution in [1.29, 1.82) is 0 Å². The number of H-pyrrole nitrogens is 1. The van der Waals surface area contributed by atoms with E-state index < -0.39 is 5.60 Å². The van der Waals surface area contributed by atoms with Gasteiger partial charge in [-0.05, 0) is 53.4 Å². The predicted molar refractivity (Wildman–Crippen MR) is 99.5 cm³/mol. The van der Waals surface area contributed by atoms with E-state index >= 15 is 0 Å². The van der Waals surface area contributed by atoms with Gasteiger partial charge in [0.25, 0.3) is 5.56 Å². The van der Waals surface area contributed by atoms with Crippen molar-refractivity contribution in [3.05, 3.63) is 33.4 Å². The number of hydrogen-bond acceptors (Lipinski definition) is 4. The molecule has 2 aromatic heterocycles. The number of fused-ring (bicyclic) bond motifs is 1. The van der Waals surface area contributed by atoms with Gasteiger partial charge in [-0.3, -0.25) is 14.8 Å². The van der Waals surface area contributed by atoms with Crippen molar-refractivity contribution in [3.63, 3.8) is 0 Å². The van der Waals surface area contributed by atoms with Gasteiger partial charge in [-0.25, -0.2) is 14.3 Å². The third-order valence-electron chi connectivity index (χ3n) is 4.78. The van der Waals surface area contributed by atoms with Crippen LogP contribution >= 0.6 is 0 Å². The SMILES string of the molecule is CCc1c(C)nc2cc([C@@H]3CCCCN3C(=O)OC(C)(C)C)[nH]n2c1=O. The van der Waals surface area contributed by atoms with Crippen LogP contribution < -0.4 is 5.56 Å². The minimum atomic E-state index is -0.537. The molecule has 142 valence electrons. The molecule has 1 atom stereocenters. The molecule has 7 nitrogen and oxygen atoms in total. The average Bonchev–Trinajstić information content (AvgIpc) is 2.97. The van der Waals surface area contributed by atoms with Crippen molar-refractivity contribution in [2.24, 2.45) is 0 Å². The van der Waals surface area contributed by atoms with Crippen LogP contribution in [0.4, 0.5) is 4.79 Å². The van der Waals surface area contributed by atoms with Gasteiger partial charge in [0.15, 0.2) is 5.65 Å². The molecule has 1 saturated heterocycles. The van der Waals surface area contributed by atoms with E-state index in [4.69, 9.17) is 4.74 Å². The van der Waals surface area contributed by atoms with Crippen LogP contribution in [-0.2, 0) is 11.2 Å². The van der Waals surface area contributed by atoms with Crippen LogP contribution in [0.1, 0.15) is 70.0 Å². The molecule has 26 heavy (non-hydrogen) atoms. The summed E-state index contributed by atoms with van der Waals surface area (Å²) >= 11 is 0. The Morgan fingerprint density at radius 2 is 2.12 bits per heavy atom. The zero-order valence-corrected chi connectivity index (χ0v) is 16.3. The predicted octanol–water partition coefficient (Wildman–Crippen LogP) is 3.36. The summed E-state index contributed by atoms with van der Waals surface area (Å²) in [5.74, 6) is 0. The van der Waals surface area contributed by atoms with E-state index in [0.717, 1.165) is 30.7 Å². The lowest BCUT2D eigenvalue weighted by molar-refractivity contribution is 0.00897. The Labute approximate surface area is 153 Å². The highest BCUT2D eigenvalue weighted by atomic mass is 16.6. The maximum Gasteiger partial charge on any atom is 0.410 e. The fraction of sp³-hybridized carbons (Fsp3) is 0.632. The maximum atomic E-state index is 12.7. The summed E-state index contributed by atoms with van der Waals surface area (Å²) < 4.78 is 7.06. The number of carbonyl (C=O) groups is 1. The zero-order chi connectivity index (χ0) is 19.1. The van der Waals surface area contributed by atoms with Crippen LogP contribution in [0.3, 0.4) is 0 Å². The van der Waals surface area contributed by atoms with Crippen LogP contribution in [0.15, 0.2) is 10.9 Å². The molecular formula is C19H28N4O3. The molecule has 0 unspecified atom stereocenters. The molecule has 0 saturated carbocycles. The molecule has 0 radical (unpaired) electrons. The third-order valence-corrected chi connectivity index (χ3v) is 4.78. The number of carbonyl (C=O) groups excluding carboxylic acids is 1. The van der Waals surface area contributed by atoms with E-state index in [0.29, 0.717) is 24.2 Å². The molecule has 0 aliphatic carbocycles. The quantitative estimate of drug-likeness (QED) is 0.890. The fourth-order valence-corrected chi connectivity index (χ4v) is 3.56. The van der Waals surface area contributed by atoms with Gasteiger partial charge in [0.05, 0.1) is 11.7 Å². The van der Waals surface area contributed by atoms with Gasteiger partial charge in [0, 0.05) is 23.9 Å². The third kappa shape index (κ3) is 3.48. The Bertz CT molecular complexity index is 875. The second kappa shape index (κ2) is 6.78. The molecule has 1 N–H and O–H groups in total. The summed E-state index contributed by atoms with van der Waals surface area (Å²) in [7, 11) is 0. The first kappa shape index (κ1) is 18.5. The van der Waals surface area contributed by atoms with Crippen molar-refractivity contribution in [2.75, 3.05) is 6.54 Å². The highest BCUT2D eigenvalue weighted by Crippen LogP contribution is 2.31. The number of aryl methyl sites for hydroxylation is 1. The van der Waals surface area contributed by atoms with E-state index in [1.54, 1.807) is 4.90 Å². The average molecular weight is 360 g/mol. The van der Waals surface area contributed by atoms with Crippen molar-refractivity contribution in [1.82, 2.24) is 19.5 Å². The lowest BCUT2D eigenvalue weighted by atomic mass is 10.00. The lowest BCUT2D eigenvalue weighted by Gasteiger charge is -2.36. The maximum absolute atomic E-state index is 12.7. The summed E-state index contributed by atoms with van der Waals surface area (Å²) in [6.45, 7) is 10.1. The van der Waals surface area contributed by atoms with Gasteiger partial charge in [-0.1, -0.05) is 6.92 Å². The van der Waals surface area contributed by atoms with Crippen LogP contribution in [0.2, 0.25) is 0 Å². The number of likely N-dealkylation sites (tertiary alicyclic amines) is 1. The number of aromatic nitrogens is 3.